The smallest absolute Gasteiger partial charge is 0.200 e. The summed E-state index contributed by atoms with van der Waals surface area (Å²) < 4.78 is 71.0. The molecule has 0 saturated carbocycles. The van der Waals surface area contributed by atoms with Crippen LogP contribution in [0.15, 0.2) is 24.3 Å². The van der Waals surface area contributed by atoms with Crippen molar-refractivity contribution < 1.29 is 26.7 Å². The van der Waals surface area contributed by atoms with Gasteiger partial charge in [-0.1, -0.05) is 12.1 Å². The van der Waals surface area contributed by atoms with E-state index >= 15 is 0 Å². The third kappa shape index (κ3) is 3.19. The molecule has 0 fully saturated rings. The number of hydrogen-bond acceptors (Lipinski definition) is 2. The summed E-state index contributed by atoms with van der Waals surface area (Å²) in [5, 5.41) is 0. The summed E-state index contributed by atoms with van der Waals surface area (Å²) in [4.78, 5) is 0. The lowest BCUT2D eigenvalue weighted by atomic mass is 10.1. The predicted molar refractivity (Wildman–Crippen MR) is 69.8 cm³/mol. The molecular formula is C15H12F5NO. The molecule has 2 nitrogen and oxygen atoms in total. The van der Waals surface area contributed by atoms with Crippen molar-refractivity contribution in [2.75, 3.05) is 6.54 Å². The molecule has 0 aromatic heterocycles. The van der Waals surface area contributed by atoms with E-state index in [0.717, 1.165) is 5.56 Å². The Morgan fingerprint density at radius 1 is 0.773 bits per heavy atom. The van der Waals surface area contributed by atoms with Gasteiger partial charge in [-0.2, -0.15) is 0 Å². The third-order valence-corrected chi connectivity index (χ3v) is 3.04. The van der Waals surface area contributed by atoms with Gasteiger partial charge in [0.25, 0.3) is 0 Å². The van der Waals surface area contributed by atoms with E-state index in [0.29, 0.717) is 13.0 Å². The number of hydrogen-bond donors (Lipinski definition) is 1. The number of nitrogens with two attached hydrogens (primary N) is 1. The van der Waals surface area contributed by atoms with Gasteiger partial charge in [-0.15, -0.1) is 0 Å². The SMILES string of the molecule is NCCc1ccc(OCc2c(F)c(F)c(F)c(F)c2F)cc1. The zero-order chi connectivity index (χ0) is 16.3. The van der Waals surface area contributed by atoms with Gasteiger partial charge in [0.15, 0.2) is 23.3 Å². The van der Waals surface area contributed by atoms with Crippen LogP contribution in [0.5, 0.6) is 5.75 Å². The molecule has 0 aliphatic heterocycles. The van der Waals surface area contributed by atoms with Crippen LogP contribution in [0.4, 0.5) is 22.0 Å². The molecule has 0 aliphatic rings. The maximum atomic E-state index is 13.5. The first-order valence-corrected chi connectivity index (χ1v) is 6.37. The normalized spacial score (nSPS) is 10.8. The Labute approximate surface area is 123 Å². The zero-order valence-electron chi connectivity index (χ0n) is 11.3. The minimum absolute atomic E-state index is 0.240. The number of halogens is 5. The van der Waals surface area contributed by atoms with Crippen LogP contribution in [0.2, 0.25) is 0 Å². The van der Waals surface area contributed by atoms with E-state index in [1.54, 1.807) is 12.1 Å². The Morgan fingerprint density at radius 2 is 1.27 bits per heavy atom. The van der Waals surface area contributed by atoms with Crippen molar-refractivity contribution in [1.29, 1.82) is 0 Å². The first-order valence-electron chi connectivity index (χ1n) is 6.37. The van der Waals surface area contributed by atoms with Crippen molar-refractivity contribution in [3.05, 3.63) is 64.5 Å². The fourth-order valence-corrected chi connectivity index (χ4v) is 1.85. The van der Waals surface area contributed by atoms with E-state index in [2.05, 4.69) is 0 Å². The minimum atomic E-state index is -2.19. The Balaban J connectivity index is 2.18. The van der Waals surface area contributed by atoms with Crippen LogP contribution < -0.4 is 10.5 Å². The largest absolute Gasteiger partial charge is 0.489 e. The van der Waals surface area contributed by atoms with Gasteiger partial charge < -0.3 is 10.5 Å². The number of rotatable bonds is 5. The quantitative estimate of drug-likeness (QED) is 0.521. The Bertz CT molecular complexity index is 644. The topological polar surface area (TPSA) is 35.2 Å². The van der Waals surface area contributed by atoms with Gasteiger partial charge >= 0.3 is 0 Å². The second-order valence-corrected chi connectivity index (χ2v) is 4.52. The van der Waals surface area contributed by atoms with Gasteiger partial charge in [0.2, 0.25) is 5.82 Å². The van der Waals surface area contributed by atoms with Crippen LogP contribution in [0.25, 0.3) is 0 Å². The summed E-state index contributed by atoms with van der Waals surface area (Å²) in [6.45, 7) is -0.313. The second-order valence-electron chi connectivity index (χ2n) is 4.52. The van der Waals surface area contributed by atoms with Crippen molar-refractivity contribution in [1.82, 2.24) is 0 Å². The highest BCUT2D eigenvalue weighted by Gasteiger charge is 2.25. The Morgan fingerprint density at radius 3 is 1.77 bits per heavy atom. The van der Waals surface area contributed by atoms with E-state index in [1.807, 2.05) is 0 Å². The molecule has 0 atom stereocenters. The van der Waals surface area contributed by atoms with E-state index in [1.165, 1.54) is 12.1 Å². The molecule has 0 spiro atoms. The van der Waals surface area contributed by atoms with Gasteiger partial charge in [-0.3, -0.25) is 0 Å². The molecule has 0 amide bonds. The molecule has 0 saturated heterocycles. The predicted octanol–water partition coefficient (Wildman–Crippen LogP) is 3.46. The van der Waals surface area contributed by atoms with Crippen LogP contribution in [-0.2, 0) is 13.0 Å². The van der Waals surface area contributed by atoms with E-state index in [-0.39, 0.29) is 5.75 Å². The third-order valence-electron chi connectivity index (χ3n) is 3.04. The first kappa shape index (κ1) is 16.2. The maximum Gasteiger partial charge on any atom is 0.200 e. The lowest BCUT2D eigenvalue weighted by Gasteiger charge is -2.10. The Kier molecular flexibility index (Phi) is 4.97. The fraction of sp³-hybridized carbons (Fsp3) is 0.200. The van der Waals surface area contributed by atoms with Gasteiger partial charge in [0.1, 0.15) is 12.4 Å². The molecule has 2 N–H and O–H groups in total. The van der Waals surface area contributed by atoms with Crippen molar-refractivity contribution >= 4 is 0 Å². The molecule has 7 heteroatoms. The molecule has 118 valence electrons. The maximum absolute atomic E-state index is 13.5. The van der Waals surface area contributed by atoms with E-state index in [4.69, 9.17) is 10.5 Å². The van der Waals surface area contributed by atoms with Crippen LogP contribution in [-0.4, -0.2) is 6.54 Å². The van der Waals surface area contributed by atoms with Crippen LogP contribution >= 0.6 is 0 Å². The van der Waals surface area contributed by atoms with E-state index in [9.17, 15) is 22.0 Å². The van der Waals surface area contributed by atoms with Crippen molar-refractivity contribution in [2.45, 2.75) is 13.0 Å². The molecule has 0 unspecified atom stereocenters. The average molecular weight is 317 g/mol. The Hall–Kier alpha value is -2.15. The molecule has 2 aromatic carbocycles. The fourth-order valence-electron chi connectivity index (χ4n) is 1.85. The summed E-state index contributed by atoms with van der Waals surface area (Å²) in [7, 11) is 0. The van der Waals surface area contributed by atoms with Crippen LogP contribution in [0.3, 0.4) is 0 Å². The molecule has 2 aromatic rings. The first-order chi connectivity index (χ1) is 10.5. The highest BCUT2D eigenvalue weighted by Crippen LogP contribution is 2.24. The minimum Gasteiger partial charge on any atom is -0.489 e. The number of ether oxygens (including phenoxy) is 1. The van der Waals surface area contributed by atoms with Crippen LogP contribution in [0, 0.1) is 29.1 Å². The monoisotopic (exact) mass is 317 g/mol. The van der Waals surface area contributed by atoms with E-state index < -0.39 is 41.3 Å². The molecule has 0 bridgehead atoms. The number of benzene rings is 2. The highest BCUT2D eigenvalue weighted by atomic mass is 19.2. The standard InChI is InChI=1S/C15H12F5NO/c16-11-10(12(17)14(19)15(20)13(11)18)7-22-9-3-1-8(2-4-9)5-6-21/h1-4H,5-7,21H2. The van der Waals surface area contributed by atoms with Gasteiger partial charge in [0, 0.05) is 0 Å². The van der Waals surface area contributed by atoms with Gasteiger partial charge in [-0.25, -0.2) is 22.0 Å². The summed E-state index contributed by atoms with van der Waals surface area (Å²) in [6, 6.07) is 6.44. The highest BCUT2D eigenvalue weighted by molar-refractivity contribution is 5.29. The van der Waals surface area contributed by atoms with Crippen LogP contribution in [0.1, 0.15) is 11.1 Å². The second kappa shape index (κ2) is 6.74. The van der Waals surface area contributed by atoms with Crippen molar-refractivity contribution in [2.24, 2.45) is 5.73 Å². The zero-order valence-corrected chi connectivity index (χ0v) is 11.3. The molecule has 22 heavy (non-hydrogen) atoms. The summed E-state index contributed by atoms with van der Waals surface area (Å²) in [6.07, 6.45) is 0.651. The molecular weight excluding hydrogens is 305 g/mol. The lowest BCUT2D eigenvalue weighted by Crippen LogP contribution is -2.10. The van der Waals surface area contributed by atoms with Gasteiger partial charge in [0.05, 0.1) is 5.56 Å². The lowest BCUT2D eigenvalue weighted by molar-refractivity contribution is 0.279. The average Bonchev–Trinajstić information content (AvgIpc) is 2.53. The van der Waals surface area contributed by atoms with Crippen molar-refractivity contribution in [3.63, 3.8) is 0 Å². The van der Waals surface area contributed by atoms with Gasteiger partial charge in [-0.05, 0) is 30.7 Å². The summed E-state index contributed by atoms with van der Waals surface area (Å²) in [5.74, 6) is -9.71. The molecule has 0 radical (unpaired) electrons. The summed E-state index contributed by atoms with van der Waals surface area (Å²) in [5.41, 5.74) is 5.32. The van der Waals surface area contributed by atoms with Crippen molar-refractivity contribution in [3.8, 4) is 5.75 Å². The molecule has 2 rings (SSSR count). The summed E-state index contributed by atoms with van der Waals surface area (Å²) >= 11 is 0. The molecule has 0 aliphatic carbocycles. The molecule has 0 heterocycles.